The molecule has 4 nitrogen and oxygen atoms in total. The lowest BCUT2D eigenvalue weighted by Crippen LogP contribution is -2.36. The number of hydrogen-bond donors (Lipinski definition) is 2. The van der Waals surface area contributed by atoms with Gasteiger partial charge in [-0.15, -0.1) is 0 Å². The second-order valence-corrected chi connectivity index (χ2v) is 5.75. The van der Waals surface area contributed by atoms with Crippen LogP contribution in [0.3, 0.4) is 0 Å². The Balaban J connectivity index is 1.80. The van der Waals surface area contributed by atoms with Crippen molar-refractivity contribution in [2.45, 2.75) is 6.17 Å². The fourth-order valence-corrected chi connectivity index (χ4v) is 2.78. The molecule has 0 amide bonds. The summed E-state index contributed by atoms with van der Waals surface area (Å²) in [6.07, 6.45) is -0.354. The van der Waals surface area contributed by atoms with Crippen molar-refractivity contribution in [2.75, 3.05) is 0 Å². The van der Waals surface area contributed by atoms with Crippen LogP contribution in [0.15, 0.2) is 94.9 Å². The predicted molar refractivity (Wildman–Crippen MR) is 99.9 cm³/mol. The van der Waals surface area contributed by atoms with Gasteiger partial charge in [0.15, 0.2) is 6.17 Å². The molecular formula is C21H17N3O. The van der Waals surface area contributed by atoms with Crippen molar-refractivity contribution >= 4 is 11.7 Å². The molecule has 0 fully saturated rings. The molecule has 25 heavy (non-hydrogen) atoms. The van der Waals surface area contributed by atoms with Gasteiger partial charge in [-0.05, 0) is 17.7 Å². The molecule has 0 radical (unpaired) electrons. The molecule has 0 bridgehead atoms. The Labute approximate surface area is 146 Å². The number of aromatic hydroxyl groups is 1. The van der Waals surface area contributed by atoms with Crippen LogP contribution in [0.5, 0.6) is 5.75 Å². The molecule has 2 N–H and O–H groups in total. The quantitative estimate of drug-likeness (QED) is 0.767. The van der Waals surface area contributed by atoms with E-state index in [1.165, 1.54) is 0 Å². The van der Waals surface area contributed by atoms with Crippen molar-refractivity contribution in [1.29, 1.82) is 0 Å². The molecule has 4 heteroatoms. The number of nitrogens with one attached hydrogen (secondary N) is 1. The molecule has 0 spiro atoms. The number of rotatable bonds is 3. The molecular weight excluding hydrogens is 310 g/mol. The largest absolute Gasteiger partial charge is 0.507 e. The third-order valence-corrected chi connectivity index (χ3v) is 4.04. The lowest BCUT2D eigenvalue weighted by molar-refractivity contribution is 0.474. The van der Waals surface area contributed by atoms with Crippen LogP contribution >= 0.6 is 0 Å². The van der Waals surface area contributed by atoms with Crippen molar-refractivity contribution in [3.8, 4) is 5.75 Å². The average molecular weight is 327 g/mol. The second-order valence-electron chi connectivity index (χ2n) is 5.75. The minimum atomic E-state index is -0.354. The first-order valence-corrected chi connectivity index (χ1v) is 8.12. The monoisotopic (exact) mass is 327 g/mol. The number of nitrogens with zero attached hydrogens (tertiary/aromatic N) is 2. The van der Waals surface area contributed by atoms with Gasteiger partial charge in [0, 0.05) is 5.56 Å². The first-order chi connectivity index (χ1) is 12.3. The van der Waals surface area contributed by atoms with Crippen LogP contribution < -0.4 is 5.32 Å². The molecule has 3 aromatic carbocycles. The summed E-state index contributed by atoms with van der Waals surface area (Å²) < 4.78 is 0. The maximum atomic E-state index is 10.2. The van der Waals surface area contributed by atoms with E-state index in [0.717, 1.165) is 17.0 Å². The van der Waals surface area contributed by atoms with Crippen molar-refractivity contribution in [1.82, 2.24) is 5.32 Å². The van der Waals surface area contributed by atoms with Crippen LogP contribution in [-0.2, 0) is 0 Å². The van der Waals surface area contributed by atoms with Crippen LogP contribution in [0.4, 0.5) is 0 Å². The highest BCUT2D eigenvalue weighted by atomic mass is 16.3. The Kier molecular flexibility index (Phi) is 4.01. The van der Waals surface area contributed by atoms with Gasteiger partial charge in [0.1, 0.15) is 17.4 Å². The van der Waals surface area contributed by atoms with Crippen LogP contribution in [0.2, 0.25) is 0 Å². The van der Waals surface area contributed by atoms with E-state index in [1.807, 2.05) is 72.8 Å². The van der Waals surface area contributed by atoms with Crippen LogP contribution in [0.1, 0.15) is 22.9 Å². The maximum Gasteiger partial charge on any atom is 0.169 e. The molecule has 3 aromatic rings. The summed E-state index contributed by atoms with van der Waals surface area (Å²) in [5.41, 5.74) is 2.64. The van der Waals surface area contributed by atoms with E-state index in [0.29, 0.717) is 11.4 Å². The molecule has 1 heterocycles. The minimum absolute atomic E-state index is 0.190. The summed E-state index contributed by atoms with van der Waals surface area (Å²) >= 11 is 0. The standard InChI is InChI=1S/C21H17N3O/c25-18-14-8-7-13-17(18)21-23-19(15-9-3-1-4-10-15)22-20(24-21)16-11-5-2-6-12-16/h1-14,19,25H,(H,22,23,24)/t19-/m0/s1. The molecule has 0 aliphatic carbocycles. The second kappa shape index (κ2) is 6.61. The Bertz CT molecular complexity index is 934. The number of hydrogen-bond acceptors (Lipinski definition) is 4. The van der Waals surface area contributed by atoms with Crippen LogP contribution in [0, 0.1) is 0 Å². The van der Waals surface area contributed by atoms with E-state index in [1.54, 1.807) is 12.1 Å². The Morgan fingerprint density at radius 2 is 1.28 bits per heavy atom. The first-order valence-electron chi connectivity index (χ1n) is 8.12. The fourth-order valence-electron chi connectivity index (χ4n) is 2.78. The lowest BCUT2D eigenvalue weighted by Gasteiger charge is -2.22. The van der Waals surface area contributed by atoms with Crippen molar-refractivity contribution in [3.63, 3.8) is 0 Å². The van der Waals surface area contributed by atoms with E-state index < -0.39 is 0 Å². The van der Waals surface area contributed by atoms with Gasteiger partial charge in [-0.3, -0.25) is 0 Å². The normalized spacial score (nSPS) is 16.6. The highest BCUT2D eigenvalue weighted by Gasteiger charge is 2.21. The van der Waals surface area contributed by atoms with Crippen LogP contribution in [0.25, 0.3) is 0 Å². The fraction of sp³-hybridized carbons (Fsp3) is 0.0476. The molecule has 122 valence electrons. The van der Waals surface area contributed by atoms with Crippen molar-refractivity contribution in [3.05, 3.63) is 102 Å². The summed E-state index contributed by atoms with van der Waals surface area (Å²) in [7, 11) is 0. The summed E-state index contributed by atoms with van der Waals surface area (Å²) in [5, 5.41) is 13.5. The van der Waals surface area contributed by atoms with Gasteiger partial charge in [0.2, 0.25) is 0 Å². The van der Waals surface area contributed by atoms with Gasteiger partial charge in [-0.2, -0.15) is 0 Å². The number of para-hydroxylation sites is 1. The van der Waals surface area contributed by atoms with Crippen molar-refractivity contribution in [2.24, 2.45) is 9.98 Å². The number of benzene rings is 3. The summed E-state index contributed by atoms with van der Waals surface area (Å²) in [6.45, 7) is 0. The Hall–Kier alpha value is -3.40. The first kappa shape index (κ1) is 15.1. The van der Waals surface area contributed by atoms with Gasteiger partial charge in [0.05, 0.1) is 5.56 Å². The molecule has 0 aromatic heterocycles. The van der Waals surface area contributed by atoms with E-state index in [2.05, 4.69) is 5.32 Å². The summed E-state index contributed by atoms with van der Waals surface area (Å²) in [4.78, 5) is 9.48. The van der Waals surface area contributed by atoms with E-state index in [9.17, 15) is 5.11 Å². The van der Waals surface area contributed by atoms with Gasteiger partial charge in [-0.1, -0.05) is 72.8 Å². The minimum Gasteiger partial charge on any atom is -0.507 e. The third kappa shape index (κ3) is 3.15. The molecule has 0 unspecified atom stereocenters. The third-order valence-electron chi connectivity index (χ3n) is 4.04. The van der Waals surface area contributed by atoms with Gasteiger partial charge in [-0.25, -0.2) is 9.98 Å². The van der Waals surface area contributed by atoms with Crippen LogP contribution in [-0.4, -0.2) is 16.8 Å². The molecule has 1 aliphatic heterocycles. The predicted octanol–water partition coefficient (Wildman–Crippen LogP) is 3.89. The Morgan fingerprint density at radius 3 is 2.00 bits per heavy atom. The SMILES string of the molecule is Oc1ccccc1C1=N[C@@H](c2ccccc2)N=C(c2ccccc2)N1. The van der Waals surface area contributed by atoms with E-state index in [4.69, 9.17) is 9.98 Å². The highest BCUT2D eigenvalue weighted by Crippen LogP contribution is 2.26. The maximum absolute atomic E-state index is 10.2. The smallest absolute Gasteiger partial charge is 0.169 e. The molecule has 1 atom stereocenters. The van der Waals surface area contributed by atoms with E-state index >= 15 is 0 Å². The molecule has 4 rings (SSSR count). The number of phenolic OH excluding ortho intramolecular Hbond substituents is 1. The summed E-state index contributed by atoms with van der Waals surface area (Å²) in [6, 6.07) is 27.0. The van der Waals surface area contributed by atoms with Gasteiger partial charge in [0.25, 0.3) is 0 Å². The number of phenols is 1. The number of amidine groups is 2. The highest BCUT2D eigenvalue weighted by molar-refractivity contribution is 6.16. The van der Waals surface area contributed by atoms with Gasteiger partial charge < -0.3 is 10.4 Å². The summed E-state index contributed by atoms with van der Waals surface area (Å²) in [5.74, 6) is 1.54. The molecule has 0 saturated heterocycles. The Morgan fingerprint density at radius 1 is 0.680 bits per heavy atom. The zero-order valence-electron chi connectivity index (χ0n) is 13.5. The zero-order valence-corrected chi connectivity index (χ0v) is 13.5. The van der Waals surface area contributed by atoms with E-state index in [-0.39, 0.29) is 11.9 Å². The lowest BCUT2D eigenvalue weighted by atomic mass is 10.1. The number of aliphatic imine (C=N–C) groups is 2. The van der Waals surface area contributed by atoms with Crippen molar-refractivity contribution < 1.29 is 5.11 Å². The topological polar surface area (TPSA) is 57.0 Å². The van der Waals surface area contributed by atoms with Gasteiger partial charge >= 0.3 is 0 Å². The zero-order chi connectivity index (χ0) is 17.1. The molecule has 0 saturated carbocycles. The average Bonchev–Trinajstić information content (AvgIpc) is 2.69. The molecule has 1 aliphatic rings.